The molecule has 1 saturated carbocycles. The molecule has 1 rings (SSSR count). The van der Waals surface area contributed by atoms with Crippen LogP contribution in [0.4, 0.5) is 0 Å². The largest absolute Gasteiger partial charge is 0.357 e. The first-order valence-electron chi connectivity index (χ1n) is 6.51. The van der Waals surface area contributed by atoms with Crippen molar-refractivity contribution in [3.63, 3.8) is 0 Å². The van der Waals surface area contributed by atoms with Crippen molar-refractivity contribution in [3.05, 3.63) is 0 Å². The van der Waals surface area contributed by atoms with E-state index in [0.717, 1.165) is 38.5 Å². The Morgan fingerprint density at radius 2 is 1.71 bits per heavy atom. The molecule has 2 amide bonds. The zero-order valence-corrected chi connectivity index (χ0v) is 11.1. The average Bonchev–Trinajstić information content (AvgIpc) is 2.39. The lowest BCUT2D eigenvalue weighted by atomic mass is 9.64. The van der Waals surface area contributed by atoms with E-state index < -0.39 is 5.54 Å². The van der Waals surface area contributed by atoms with Crippen molar-refractivity contribution in [3.8, 4) is 0 Å². The third-order valence-electron chi connectivity index (χ3n) is 4.66. The van der Waals surface area contributed by atoms with Gasteiger partial charge in [-0.05, 0) is 31.1 Å². The minimum Gasteiger partial charge on any atom is -0.357 e. The van der Waals surface area contributed by atoms with Crippen LogP contribution in [0.15, 0.2) is 0 Å². The van der Waals surface area contributed by atoms with Gasteiger partial charge in [0.2, 0.25) is 12.3 Å². The molecule has 4 nitrogen and oxygen atoms in total. The number of hydrogen-bond donors (Lipinski definition) is 2. The number of rotatable bonds is 5. The molecular weight excluding hydrogens is 216 g/mol. The summed E-state index contributed by atoms with van der Waals surface area (Å²) >= 11 is 0. The van der Waals surface area contributed by atoms with Crippen LogP contribution in [-0.4, -0.2) is 24.9 Å². The van der Waals surface area contributed by atoms with Crippen molar-refractivity contribution in [2.24, 2.45) is 5.41 Å². The van der Waals surface area contributed by atoms with Gasteiger partial charge in [-0.1, -0.05) is 26.7 Å². The fourth-order valence-corrected chi connectivity index (χ4v) is 2.95. The molecular formula is C13H24N2O2. The first kappa shape index (κ1) is 14.0. The summed E-state index contributed by atoms with van der Waals surface area (Å²) in [6.07, 6.45) is 6.45. The molecule has 0 radical (unpaired) electrons. The number of amides is 2. The predicted octanol–water partition coefficient (Wildman–Crippen LogP) is 1.60. The molecule has 0 bridgehead atoms. The van der Waals surface area contributed by atoms with Crippen molar-refractivity contribution in [1.82, 2.24) is 10.6 Å². The molecule has 17 heavy (non-hydrogen) atoms. The Kier molecular flexibility index (Phi) is 4.54. The smallest absolute Gasteiger partial charge is 0.245 e. The second-order valence-corrected chi connectivity index (χ2v) is 5.13. The van der Waals surface area contributed by atoms with Gasteiger partial charge in [0, 0.05) is 7.05 Å². The summed E-state index contributed by atoms with van der Waals surface area (Å²) in [7, 11) is 1.62. The van der Waals surface area contributed by atoms with Crippen molar-refractivity contribution in [2.75, 3.05) is 7.05 Å². The zero-order valence-electron chi connectivity index (χ0n) is 11.1. The van der Waals surface area contributed by atoms with Crippen molar-refractivity contribution < 1.29 is 9.59 Å². The third kappa shape index (κ3) is 2.61. The number of likely N-dealkylation sites (N-methyl/N-ethyl adjacent to an activating group) is 1. The van der Waals surface area contributed by atoms with Crippen LogP contribution in [0.1, 0.15) is 52.4 Å². The Labute approximate surface area is 104 Å². The molecule has 0 aromatic carbocycles. The maximum absolute atomic E-state index is 11.9. The molecule has 2 N–H and O–H groups in total. The molecule has 0 heterocycles. The molecule has 0 aliphatic heterocycles. The molecule has 0 spiro atoms. The minimum atomic E-state index is -0.676. The van der Waals surface area contributed by atoms with E-state index in [1.54, 1.807) is 7.05 Å². The van der Waals surface area contributed by atoms with E-state index in [0.29, 0.717) is 11.8 Å². The normalized spacial score (nSPS) is 21.6. The SMILES string of the molecule is CCC1(CC)CCC(NC=O)(C(=O)NC)CC1. The van der Waals surface area contributed by atoms with Gasteiger partial charge in [0.15, 0.2) is 0 Å². The molecule has 1 aliphatic carbocycles. The number of hydrogen-bond acceptors (Lipinski definition) is 2. The van der Waals surface area contributed by atoms with E-state index in [-0.39, 0.29) is 5.91 Å². The Balaban J connectivity index is 2.80. The van der Waals surface area contributed by atoms with Gasteiger partial charge in [0.1, 0.15) is 5.54 Å². The minimum absolute atomic E-state index is 0.0644. The number of carbonyl (C=O) groups is 2. The third-order valence-corrected chi connectivity index (χ3v) is 4.66. The first-order valence-corrected chi connectivity index (χ1v) is 6.51. The Bertz CT molecular complexity index is 275. The van der Waals surface area contributed by atoms with Crippen LogP contribution < -0.4 is 10.6 Å². The van der Waals surface area contributed by atoms with Gasteiger partial charge in [-0.15, -0.1) is 0 Å². The van der Waals surface area contributed by atoms with Gasteiger partial charge in [0.25, 0.3) is 0 Å². The van der Waals surface area contributed by atoms with Crippen LogP contribution in [0.2, 0.25) is 0 Å². The molecule has 4 heteroatoms. The monoisotopic (exact) mass is 240 g/mol. The Hall–Kier alpha value is -1.06. The molecule has 0 saturated heterocycles. The summed E-state index contributed by atoms with van der Waals surface area (Å²) in [6, 6.07) is 0. The highest BCUT2D eigenvalue weighted by Crippen LogP contribution is 2.45. The highest BCUT2D eigenvalue weighted by molar-refractivity contribution is 5.88. The lowest BCUT2D eigenvalue weighted by Gasteiger charge is -2.44. The standard InChI is InChI=1S/C13H24N2O2/c1-4-12(5-2)6-8-13(9-7-12,15-10-16)11(17)14-3/h10H,4-9H2,1-3H3,(H,14,17)(H,15,16). The van der Waals surface area contributed by atoms with E-state index in [1.165, 1.54) is 0 Å². The second kappa shape index (κ2) is 5.52. The van der Waals surface area contributed by atoms with Crippen LogP contribution in [0.25, 0.3) is 0 Å². The fraction of sp³-hybridized carbons (Fsp3) is 0.846. The van der Waals surface area contributed by atoms with Gasteiger partial charge < -0.3 is 10.6 Å². The number of carbonyl (C=O) groups excluding carboxylic acids is 2. The highest BCUT2D eigenvalue weighted by atomic mass is 16.2. The molecule has 98 valence electrons. The summed E-state index contributed by atoms with van der Waals surface area (Å²) in [5, 5.41) is 5.41. The van der Waals surface area contributed by atoms with Crippen molar-refractivity contribution >= 4 is 12.3 Å². The lowest BCUT2D eigenvalue weighted by molar-refractivity contribution is -0.132. The fourth-order valence-electron chi connectivity index (χ4n) is 2.95. The van der Waals surface area contributed by atoms with Crippen LogP contribution in [0.3, 0.4) is 0 Å². The van der Waals surface area contributed by atoms with E-state index in [2.05, 4.69) is 24.5 Å². The van der Waals surface area contributed by atoms with Gasteiger partial charge in [0.05, 0.1) is 0 Å². The molecule has 1 aliphatic rings. The average molecular weight is 240 g/mol. The van der Waals surface area contributed by atoms with Gasteiger partial charge in [-0.25, -0.2) is 0 Å². The van der Waals surface area contributed by atoms with Crippen molar-refractivity contribution in [2.45, 2.75) is 57.9 Å². The van der Waals surface area contributed by atoms with Crippen LogP contribution in [-0.2, 0) is 9.59 Å². The molecule has 1 fully saturated rings. The van der Waals surface area contributed by atoms with Crippen LogP contribution in [0, 0.1) is 5.41 Å². The maximum Gasteiger partial charge on any atom is 0.245 e. The van der Waals surface area contributed by atoms with E-state index in [1.807, 2.05) is 0 Å². The van der Waals surface area contributed by atoms with Crippen LogP contribution in [0.5, 0.6) is 0 Å². The highest BCUT2D eigenvalue weighted by Gasteiger charge is 2.45. The maximum atomic E-state index is 11.9. The van der Waals surface area contributed by atoms with Gasteiger partial charge in [-0.2, -0.15) is 0 Å². The van der Waals surface area contributed by atoms with E-state index in [4.69, 9.17) is 0 Å². The zero-order chi connectivity index (χ0) is 12.9. The van der Waals surface area contributed by atoms with Crippen LogP contribution >= 0.6 is 0 Å². The summed E-state index contributed by atoms with van der Waals surface area (Å²) in [5.41, 5.74) is -0.313. The summed E-state index contributed by atoms with van der Waals surface area (Å²) in [5.74, 6) is -0.0644. The summed E-state index contributed by atoms with van der Waals surface area (Å²) < 4.78 is 0. The Morgan fingerprint density at radius 3 is 2.06 bits per heavy atom. The predicted molar refractivity (Wildman–Crippen MR) is 67.5 cm³/mol. The van der Waals surface area contributed by atoms with E-state index in [9.17, 15) is 9.59 Å². The quantitative estimate of drug-likeness (QED) is 0.717. The van der Waals surface area contributed by atoms with Gasteiger partial charge >= 0.3 is 0 Å². The number of nitrogens with one attached hydrogen (secondary N) is 2. The topological polar surface area (TPSA) is 58.2 Å². The summed E-state index contributed by atoms with van der Waals surface area (Å²) in [4.78, 5) is 22.6. The molecule has 0 aromatic heterocycles. The molecule has 0 aromatic rings. The molecule has 0 unspecified atom stereocenters. The molecule has 0 atom stereocenters. The first-order chi connectivity index (χ1) is 8.08. The van der Waals surface area contributed by atoms with Gasteiger partial charge in [-0.3, -0.25) is 9.59 Å². The van der Waals surface area contributed by atoms with E-state index >= 15 is 0 Å². The second-order valence-electron chi connectivity index (χ2n) is 5.13. The lowest BCUT2D eigenvalue weighted by Crippen LogP contribution is -2.58. The Morgan fingerprint density at radius 1 is 1.18 bits per heavy atom. The van der Waals surface area contributed by atoms with Crippen molar-refractivity contribution in [1.29, 1.82) is 0 Å². The summed E-state index contributed by atoms with van der Waals surface area (Å²) in [6.45, 7) is 4.42.